The third-order valence-electron chi connectivity index (χ3n) is 5.04. The summed E-state index contributed by atoms with van der Waals surface area (Å²) in [7, 11) is 1.54. The first kappa shape index (κ1) is 16.4. The summed E-state index contributed by atoms with van der Waals surface area (Å²) in [6, 6.07) is 2.93. The van der Waals surface area contributed by atoms with Crippen LogP contribution in [0.25, 0.3) is 0 Å². The van der Waals surface area contributed by atoms with Gasteiger partial charge in [-0.2, -0.15) is 0 Å². The Bertz CT molecular complexity index is 658. The maximum atomic E-state index is 12.3. The first-order valence-electron chi connectivity index (χ1n) is 8.18. The van der Waals surface area contributed by atoms with Crippen LogP contribution in [0.15, 0.2) is 18.3 Å². The van der Waals surface area contributed by atoms with Crippen LogP contribution < -0.4 is 5.32 Å². The fraction of sp³-hybridized carbons (Fsp3) is 0.529. The number of pyridine rings is 1. The second kappa shape index (κ2) is 6.59. The van der Waals surface area contributed by atoms with Crippen LogP contribution in [0.3, 0.4) is 0 Å². The summed E-state index contributed by atoms with van der Waals surface area (Å²) in [5.41, 5.74) is 0.137. The van der Waals surface area contributed by atoms with Gasteiger partial charge in [-0.05, 0) is 43.2 Å². The highest BCUT2D eigenvalue weighted by molar-refractivity contribution is 5.95. The molecule has 24 heavy (non-hydrogen) atoms. The lowest BCUT2D eigenvalue weighted by Gasteiger charge is -2.24. The number of likely N-dealkylation sites (N-methyl/N-ethyl adjacent to an activating group) is 1. The second-order valence-electron chi connectivity index (χ2n) is 6.75. The molecule has 3 rings (SSSR count). The van der Waals surface area contributed by atoms with Crippen molar-refractivity contribution in [1.29, 1.82) is 0 Å². The van der Waals surface area contributed by atoms with Gasteiger partial charge in [0.25, 0.3) is 5.91 Å². The molecule has 1 aromatic rings. The summed E-state index contributed by atoms with van der Waals surface area (Å²) >= 11 is 0. The SMILES string of the molecule is CN(CC(=O)NC1CC2CCC1C2)C(=O)c1ccc(C(=O)O)cn1. The van der Waals surface area contributed by atoms with Gasteiger partial charge in [0.2, 0.25) is 5.91 Å². The number of aromatic carboxylic acids is 1. The Hall–Kier alpha value is -2.44. The van der Waals surface area contributed by atoms with E-state index in [1.54, 1.807) is 0 Å². The highest BCUT2D eigenvalue weighted by Crippen LogP contribution is 2.44. The maximum Gasteiger partial charge on any atom is 0.337 e. The van der Waals surface area contributed by atoms with E-state index in [9.17, 15) is 14.4 Å². The Kier molecular flexibility index (Phi) is 4.51. The number of nitrogens with zero attached hydrogens (tertiary/aromatic N) is 2. The number of carbonyl (C=O) groups excluding carboxylic acids is 2. The zero-order valence-electron chi connectivity index (χ0n) is 13.6. The van der Waals surface area contributed by atoms with Gasteiger partial charge in [-0.3, -0.25) is 14.6 Å². The van der Waals surface area contributed by atoms with Gasteiger partial charge in [-0.1, -0.05) is 6.42 Å². The lowest BCUT2D eigenvalue weighted by molar-refractivity contribution is -0.122. The summed E-state index contributed by atoms with van der Waals surface area (Å²) in [5.74, 6) is -0.331. The Morgan fingerprint density at radius 2 is 2.08 bits per heavy atom. The van der Waals surface area contributed by atoms with Crippen molar-refractivity contribution in [3.8, 4) is 0 Å². The lowest BCUT2D eigenvalue weighted by atomic mass is 9.95. The molecule has 2 amide bonds. The maximum absolute atomic E-state index is 12.3. The highest BCUT2D eigenvalue weighted by Gasteiger charge is 2.40. The first-order chi connectivity index (χ1) is 11.4. The van der Waals surface area contributed by atoms with E-state index in [4.69, 9.17) is 5.11 Å². The van der Waals surface area contributed by atoms with Gasteiger partial charge < -0.3 is 15.3 Å². The Morgan fingerprint density at radius 3 is 2.62 bits per heavy atom. The highest BCUT2D eigenvalue weighted by atomic mass is 16.4. The third kappa shape index (κ3) is 3.39. The van der Waals surface area contributed by atoms with E-state index < -0.39 is 11.9 Å². The molecule has 0 aliphatic heterocycles. The summed E-state index contributed by atoms with van der Waals surface area (Å²) < 4.78 is 0. The van der Waals surface area contributed by atoms with Crippen LogP contribution in [-0.4, -0.2) is 52.4 Å². The molecule has 3 unspecified atom stereocenters. The van der Waals surface area contributed by atoms with Gasteiger partial charge >= 0.3 is 5.97 Å². The molecule has 0 spiro atoms. The molecule has 7 nitrogen and oxygen atoms in total. The molecule has 2 bridgehead atoms. The summed E-state index contributed by atoms with van der Waals surface area (Å²) in [6.07, 6.45) is 5.85. The molecule has 2 aliphatic rings. The van der Waals surface area contributed by atoms with Gasteiger partial charge in [0.15, 0.2) is 0 Å². The minimum Gasteiger partial charge on any atom is -0.478 e. The number of hydrogen-bond acceptors (Lipinski definition) is 4. The number of amides is 2. The average molecular weight is 331 g/mol. The van der Waals surface area contributed by atoms with Gasteiger partial charge in [0.1, 0.15) is 5.69 Å². The van der Waals surface area contributed by atoms with Crippen molar-refractivity contribution < 1.29 is 19.5 Å². The van der Waals surface area contributed by atoms with Gasteiger partial charge in [0.05, 0.1) is 12.1 Å². The molecule has 2 saturated carbocycles. The van der Waals surface area contributed by atoms with Crippen molar-refractivity contribution in [2.75, 3.05) is 13.6 Å². The number of carboxylic acid groups (broad SMARTS) is 1. The molecule has 2 N–H and O–H groups in total. The lowest BCUT2D eigenvalue weighted by Crippen LogP contribution is -2.44. The molecular formula is C17H21N3O4. The number of nitrogens with one attached hydrogen (secondary N) is 1. The van der Waals surface area contributed by atoms with E-state index in [2.05, 4.69) is 10.3 Å². The second-order valence-corrected chi connectivity index (χ2v) is 6.75. The zero-order chi connectivity index (χ0) is 17.3. The summed E-state index contributed by atoms with van der Waals surface area (Å²) in [6.45, 7) is -0.0327. The predicted octanol–water partition coefficient (Wildman–Crippen LogP) is 1.16. The van der Waals surface area contributed by atoms with E-state index in [0.29, 0.717) is 5.92 Å². The van der Waals surface area contributed by atoms with Crippen molar-refractivity contribution in [3.05, 3.63) is 29.6 Å². The first-order valence-corrected chi connectivity index (χ1v) is 8.18. The van der Waals surface area contributed by atoms with Crippen molar-refractivity contribution >= 4 is 17.8 Å². The zero-order valence-corrected chi connectivity index (χ0v) is 13.6. The van der Waals surface area contributed by atoms with Gasteiger partial charge in [-0.25, -0.2) is 4.79 Å². The molecule has 0 radical (unpaired) electrons. The molecule has 1 aromatic heterocycles. The number of aromatic nitrogens is 1. The molecular weight excluding hydrogens is 310 g/mol. The molecule has 0 saturated heterocycles. The van der Waals surface area contributed by atoms with E-state index in [1.165, 1.54) is 43.3 Å². The number of carbonyl (C=O) groups is 3. The molecule has 128 valence electrons. The van der Waals surface area contributed by atoms with Crippen LogP contribution in [-0.2, 0) is 4.79 Å². The fourth-order valence-electron chi connectivity index (χ4n) is 3.80. The Labute approximate surface area is 140 Å². The van der Waals surface area contributed by atoms with Crippen LogP contribution in [0.4, 0.5) is 0 Å². The van der Waals surface area contributed by atoms with Crippen LogP contribution in [0.5, 0.6) is 0 Å². The van der Waals surface area contributed by atoms with Crippen molar-refractivity contribution in [1.82, 2.24) is 15.2 Å². The minimum absolute atomic E-state index is 0.0169. The molecule has 1 heterocycles. The van der Waals surface area contributed by atoms with Crippen molar-refractivity contribution in [3.63, 3.8) is 0 Å². The van der Waals surface area contributed by atoms with Crippen LogP contribution in [0, 0.1) is 11.8 Å². The van der Waals surface area contributed by atoms with E-state index in [1.807, 2.05) is 0 Å². The van der Waals surface area contributed by atoms with Gasteiger partial charge in [0, 0.05) is 19.3 Å². The van der Waals surface area contributed by atoms with E-state index in [-0.39, 0.29) is 29.8 Å². The summed E-state index contributed by atoms with van der Waals surface area (Å²) in [5, 5.41) is 11.9. The van der Waals surface area contributed by atoms with Crippen LogP contribution in [0.1, 0.15) is 46.5 Å². The Balaban J connectivity index is 1.53. The number of rotatable bonds is 5. The molecule has 3 atom stereocenters. The third-order valence-corrected chi connectivity index (χ3v) is 5.04. The quantitative estimate of drug-likeness (QED) is 0.843. The predicted molar refractivity (Wildman–Crippen MR) is 85.5 cm³/mol. The molecule has 2 aliphatic carbocycles. The normalized spacial score (nSPS) is 24.6. The van der Waals surface area contributed by atoms with Crippen molar-refractivity contribution in [2.45, 2.75) is 31.7 Å². The fourth-order valence-corrected chi connectivity index (χ4v) is 3.80. The average Bonchev–Trinajstić information content (AvgIpc) is 3.16. The van der Waals surface area contributed by atoms with Crippen molar-refractivity contribution in [2.24, 2.45) is 11.8 Å². The number of hydrogen-bond donors (Lipinski definition) is 2. The van der Waals surface area contributed by atoms with E-state index in [0.717, 1.165) is 18.5 Å². The number of fused-ring (bicyclic) bond motifs is 2. The van der Waals surface area contributed by atoms with Crippen LogP contribution >= 0.6 is 0 Å². The monoisotopic (exact) mass is 331 g/mol. The molecule has 2 fully saturated rings. The standard InChI is InChI=1S/C17H21N3O4/c1-20(16(22)13-5-4-12(8-18-13)17(23)24)9-15(21)19-14-7-10-2-3-11(14)6-10/h4-5,8,10-11,14H,2-3,6-7,9H2,1H3,(H,19,21)(H,23,24). The number of carboxylic acids is 1. The minimum atomic E-state index is -1.10. The smallest absolute Gasteiger partial charge is 0.337 e. The topological polar surface area (TPSA) is 99.6 Å². The molecule has 0 aromatic carbocycles. The van der Waals surface area contributed by atoms with Gasteiger partial charge in [-0.15, -0.1) is 0 Å². The Morgan fingerprint density at radius 1 is 1.29 bits per heavy atom. The van der Waals surface area contributed by atoms with E-state index >= 15 is 0 Å². The summed E-state index contributed by atoms with van der Waals surface area (Å²) in [4.78, 5) is 40.4. The van der Waals surface area contributed by atoms with Crippen LogP contribution in [0.2, 0.25) is 0 Å². The molecule has 7 heteroatoms. The largest absolute Gasteiger partial charge is 0.478 e.